The van der Waals surface area contributed by atoms with Gasteiger partial charge < -0.3 is 9.52 Å². The summed E-state index contributed by atoms with van der Waals surface area (Å²) in [7, 11) is 0. The summed E-state index contributed by atoms with van der Waals surface area (Å²) in [5.41, 5.74) is 0.461. The fourth-order valence-corrected chi connectivity index (χ4v) is 2.36. The fraction of sp³-hybridized carbons (Fsp3) is 0.286. The molecule has 1 heterocycles. The van der Waals surface area contributed by atoms with Crippen molar-refractivity contribution in [2.24, 2.45) is 5.92 Å². The van der Waals surface area contributed by atoms with Crippen LogP contribution < -0.4 is 0 Å². The second kappa shape index (κ2) is 5.75. The number of aromatic carboxylic acids is 1. The number of hydrogen-bond donors (Lipinski definition) is 1. The third-order valence-corrected chi connectivity index (χ3v) is 3.33. The number of carboxylic acids is 1. The summed E-state index contributed by atoms with van der Waals surface area (Å²) in [6, 6.07) is 4.46. The SMILES string of the molecule is CC(C)Cc1nc(-c2c(F)cccc2Br)oc1C(=O)O. The van der Waals surface area contributed by atoms with Crippen molar-refractivity contribution in [2.45, 2.75) is 20.3 Å². The van der Waals surface area contributed by atoms with Crippen LogP contribution in [0.3, 0.4) is 0 Å². The minimum absolute atomic E-state index is 0.0250. The Hall–Kier alpha value is -1.69. The number of benzene rings is 1. The fourth-order valence-electron chi connectivity index (χ4n) is 1.85. The number of halogens is 2. The molecule has 106 valence electrons. The lowest BCUT2D eigenvalue weighted by Crippen LogP contribution is -2.03. The minimum atomic E-state index is -1.20. The van der Waals surface area contributed by atoms with E-state index in [1.165, 1.54) is 6.07 Å². The molecule has 0 aliphatic rings. The highest BCUT2D eigenvalue weighted by Crippen LogP contribution is 2.32. The van der Waals surface area contributed by atoms with Crippen molar-refractivity contribution in [3.63, 3.8) is 0 Å². The zero-order valence-corrected chi connectivity index (χ0v) is 12.6. The van der Waals surface area contributed by atoms with Crippen molar-refractivity contribution in [1.82, 2.24) is 4.98 Å². The summed E-state index contributed by atoms with van der Waals surface area (Å²) in [5, 5.41) is 9.14. The molecule has 2 aromatic rings. The molecule has 0 spiro atoms. The highest BCUT2D eigenvalue weighted by molar-refractivity contribution is 9.10. The first kappa shape index (κ1) is 14.7. The van der Waals surface area contributed by atoms with Crippen LogP contribution in [0.15, 0.2) is 27.1 Å². The van der Waals surface area contributed by atoms with Gasteiger partial charge in [-0.1, -0.05) is 19.9 Å². The molecular formula is C14H13BrFNO3. The number of oxazole rings is 1. The number of nitrogens with zero attached hydrogens (tertiary/aromatic N) is 1. The molecule has 0 fully saturated rings. The average Bonchev–Trinajstić information content (AvgIpc) is 2.71. The maximum atomic E-state index is 13.9. The zero-order chi connectivity index (χ0) is 14.9. The predicted octanol–water partition coefficient (Wildman–Crippen LogP) is 4.14. The molecule has 0 saturated carbocycles. The van der Waals surface area contributed by atoms with Crippen LogP contribution >= 0.6 is 15.9 Å². The number of hydrogen-bond acceptors (Lipinski definition) is 3. The van der Waals surface area contributed by atoms with E-state index in [0.717, 1.165) is 0 Å². The molecule has 0 amide bonds. The Kier molecular flexibility index (Phi) is 4.23. The van der Waals surface area contributed by atoms with Gasteiger partial charge in [0.25, 0.3) is 0 Å². The van der Waals surface area contributed by atoms with Gasteiger partial charge in [0.2, 0.25) is 11.7 Å². The molecule has 0 atom stereocenters. The summed E-state index contributed by atoms with van der Waals surface area (Å²) in [6.07, 6.45) is 0.456. The number of rotatable bonds is 4. The van der Waals surface area contributed by atoms with Gasteiger partial charge in [-0.15, -0.1) is 0 Å². The summed E-state index contributed by atoms with van der Waals surface area (Å²) >= 11 is 3.22. The van der Waals surface area contributed by atoms with E-state index in [1.54, 1.807) is 12.1 Å². The van der Waals surface area contributed by atoms with Gasteiger partial charge in [-0.25, -0.2) is 14.2 Å². The maximum absolute atomic E-state index is 13.9. The molecule has 0 bridgehead atoms. The van der Waals surface area contributed by atoms with Crippen molar-refractivity contribution in [3.8, 4) is 11.5 Å². The Bertz CT molecular complexity index is 632. The Morgan fingerprint density at radius 1 is 1.50 bits per heavy atom. The molecule has 0 aliphatic carbocycles. The van der Waals surface area contributed by atoms with Gasteiger partial charge in [0.15, 0.2) is 0 Å². The van der Waals surface area contributed by atoms with Crippen LogP contribution in [0.4, 0.5) is 4.39 Å². The molecule has 0 unspecified atom stereocenters. The van der Waals surface area contributed by atoms with Crippen molar-refractivity contribution >= 4 is 21.9 Å². The molecule has 4 nitrogen and oxygen atoms in total. The standard InChI is InChI=1S/C14H13BrFNO3/c1-7(2)6-10-12(14(18)19)20-13(17-10)11-8(15)4-3-5-9(11)16/h3-5,7H,6H2,1-2H3,(H,18,19). The topological polar surface area (TPSA) is 63.3 Å². The molecule has 20 heavy (non-hydrogen) atoms. The van der Waals surface area contributed by atoms with E-state index in [-0.39, 0.29) is 23.1 Å². The maximum Gasteiger partial charge on any atom is 0.373 e. The van der Waals surface area contributed by atoms with Gasteiger partial charge in [0.1, 0.15) is 5.82 Å². The number of carboxylic acid groups (broad SMARTS) is 1. The van der Waals surface area contributed by atoms with Gasteiger partial charge in [-0.05, 0) is 40.4 Å². The normalized spacial score (nSPS) is 11.1. The lowest BCUT2D eigenvalue weighted by atomic mass is 10.1. The molecule has 1 N–H and O–H groups in total. The van der Waals surface area contributed by atoms with Crippen molar-refractivity contribution in [2.75, 3.05) is 0 Å². The van der Waals surface area contributed by atoms with E-state index in [4.69, 9.17) is 9.52 Å². The first-order valence-corrected chi connectivity index (χ1v) is 6.86. The third-order valence-electron chi connectivity index (χ3n) is 2.67. The Morgan fingerprint density at radius 3 is 2.75 bits per heavy atom. The Balaban J connectivity index is 2.56. The van der Waals surface area contributed by atoms with E-state index in [1.807, 2.05) is 13.8 Å². The average molecular weight is 342 g/mol. The number of carbonyl (C=O) groups is 1. The molecule has 0 saturated heterocycles. The second-order valence-electron chi connectivity index (χ2n) is 4.79. The van der Waals surface area contributed by atoms with Gasteiger partial charge in [-0.3, -0.25) is 0 Å². The van der Waals surface area contributed by atoms with Gasteiger partial charge in [0.05, 0.1) is 11.3 Å². The van der Waals surface area contributed by atoms with Gasteiger partial charge >= 0.3 is 5.97 Å². The molecule has 2 rings (SSSR count). The zero-order valence-electron chi connectivity index (χ0n) is 11.0. The minimum Gasteiger partial charge on any atom is -0.475 e. The highest BCUT2D eigenvalue weighted by Gasteiger charge is 2.23. The second-order valence-corrected chi connectivity index (χ2v) is 5.65. The summed E-state index contributed by atoms with van der Waals surface area (Å²) < 4.78 is 19.6. The highest BCUT2D eigenvalue weighted by atomic mass is 79.9. The number of aromatic nitrogens is 1. The van der Waals surface area contributed by atoms with Crippen molar-refractivity contribution < 1.29 is 18.7 Å². The summed E-state index contributed by atoms with van der Waals surface area (Å²) in [6.45, 7) is 3.89. The van der Waals surface area contributed by atoms with Crippen LogP contribution in [0.2, 0.25) is 0 Å². The molecule has 0 aliphatic heterocycles. The summed E-state index contributed by atoms with van der Waals surface area (Å²) in [5.74, 6) is -1.76. The quantitative estimate of drug-likeness (QED) is 0.907. The van der Waals surface area contributed by atoms with E-state index < -0.39 is 11.8 Å². The smallest absolute Gasteiger partial charge is 0.373 e. The summed E-state index contributed by atoms with van der Waals surface area (Å²) in [4.78, 5) is 15.3. The van der Waals surface area contributed by atoms with Crippen LogP contribution in [0.5, 0.6) is 0 Å². The largest absolute Gasteiger partial charge is 0.475 e. The van der Waals surface area contributed by atoms with E-state index in [0.29, 0.717) is 16.6 Å². The molecule has 1 aromatic heterocycles. The van der Waals surface area contributed by atoms with Crippen LogP contribution in [0, 0.1) is 11.7 Å². The first-order valence-electron chi connectivity index (χ1n) is 6.07. The van der Waals surface area contributed by atoms with Crippen LogP contribution in [0.25, 0.3) is 11.5 Å². The van der Waals surface area contributed by atoms with Gasteiger partial charge in [-0.2, -0.15) is 0 Å². The molecule has 1 aromatic carbocycles. The van der Waals surface area contributed by atoms with E-state index in [9.17, 15) is 9.18 Å². The van der Waals surface area contributed by atoms with Crippen LogP contribution in [0.1, 0.15) is 30.1 Å². The molecule has 0 radical (unpaired) electrons. The van der Waals surface area contributed by atoms with Crippen molar-refractivity contribution in [1.29, 1.82) is 0 Å². The van der Waals surface area contributed by atoms with Gasteiger partial charge in [0, 0.05) is 4.47 Å². The lowest BCUT2D eigenvalue weighted by Gasteiger charge is -2.01. The van der Waals surface area contributed by atoms with Crippen LogP contribution in [-0.2, 0) is 6.42 Å². The monoisotopic (exact) mass is 341 g/mol. The first-order chi connectivity index (χ1) is 9.40. The molecular weight excluding hydrogens is 329 g/mol. The Morgan fingerprint density at radius 2 is 2.20 bits per heavy atom. The predicted molar refractivity (Wildman–Crippen MR) is 75.1 cm³/mol. The third kappa shape index (κ3) is 2.90. The molecule has 6 heteroatoms. The lowest BCUT2D eigenvalue weighted by molar-refractivity contribution is 0.0661. The Labute approximate surface area is 123 Å². The van der Waals surface area contributed by atoms with E-state index >= 15 is 0 Å². The van der Waals surface area contributed by atoms with E-state index in [2.05, 4.69) is 20.9 Å². The van der Waals surface area contributed by atoms with Crippen LogP contribution in [-0.4, -0.2) is 16.1 Å². The van der Waals surface area contributed by atoms with Crippen molar-refractivity contribution in [3.05, 3.63) is 39.9 Å².